The number of nitrogens with zero attached hydrogens (tertiary/aromatic N) is 4. The van der Waals surface area contributed by atoms with Gasteiger partial charge in [-0.3, -0.25) is 19.1 Å². The molecule has 0 bridgehead atoms. The van der Waals surface area contributed by atoms with Crippen LogP contribution in [0.1, 0.15) is 28.0 Å². The van der Waals surface area contributed by atoms with E-state index in [9.17, 15) is 14.7 Å². The summed E-state index contributed by atoms with van der Waals surface area (Å²) in [5.74, 6) is 0.217. The van der Waals surface area contributed by atoms with Crippen LogP contribution in [0.5, 0.6) is 11.8 Å². The van der Waals surface area contributed by atoms with Gasteiger partial charge in [0, 0.05) is 25.2 Å². The molecule has 3 aromatic rings. The second-order valence-electron chi connectivity index (χ2n) is 7.95. The highest BCUT2D eigenvalue weighted by Gasteiger charge is 2.36. The topological polar surface area (TPSA) is 87.9 Å². The minimum atomic E-state index is -0.336. The van der Waals surface area contributed by atoms with Gasteiger partial charge in [0.2, 0.25) is 5.91 Å². The van der Waals surface area contributed by atoms with Crippen molar-refractivity contribution in [2.24, 2.45) is 0 Å². The summed E-state index contributed by atoms with van der Waals surface area (Å²) in [5.41, 5.74) is 2.17. The fourth-order valence-corrected chi connectivity index (χ4v) is 3.82. The number of ether oxygens (including phenoxy) is 1. The lowest BCUT2D eigenvalue weighted by atomic mass is 10.2. The lowest BCUT2D eigenvalue weighted by Gasteiger charge is -2.20. The van der Waals surface area contributed by atoms with Gasteiger partial charge in [-0.2, -0.15) is 4.98 Å². The zero-order valence-electron chi connectivity index (χ0n) is 18.5. The molecule has 4 rings (SSSR count). The van der Waals surface area contributed by atoms with E-state index in [1.54, 1.807) is 23.7 Å². The Morgan fingerprint density at radius 2 is 1.91 bits per heavy atom. The summed E-state index contributed by atoms with van der Waals surface area (Å²) in [6, 6.07) is 15.0. The number of imidazole rings is 1. The van der Waals surface area contributed by atoms with Gasteiger partial charge in [0.15, 0.2) is 11.5 Å². The van der Waals surface area contributed by atoms with E-state index in [1.165, 1.54) is 9.80 Å². The highest BCUT2D eigenvalue weighted by Crippen LogP contribution is 2.33. The van der Waals surface area contributed by atoms with Crippen molar-refractivity contribution in [3.8, 4) is 11.8 Å². The van der Waals surface area contributed by atoms with Crippen molar-refractivity contribution < 1.29 is 19.4 Å². The Morgan fingerprint density at radius 3 is 2.61 bits per heavy atom. The summed E-state index contributed by atoms with van der Waals surface area (Å²) < 4.78 is 7.79. The van der Waals surface area contributed by atoms with E-state index in [4.69, 9.17) is 16.3 Å². The highest BCUT2D eigenvalue weighted by molar-refractivity contribution is 6.30. The molecule has 0 unspecified atom stereocenters. The molecule has 0 radical (unpaired) electrons. The number of aromatic nitrogens is 2. The minimum Gasteiger partial charge on any atom is -0.425 e. The Morgan fingerprint density at radius 1 is 1.15 bits per heavy atom. The third kappa shape index (κ3) is 4.86. The maximum atomic E-state index is 13.5. The fourth-order valence-electron chi connectivity index (χ4n) is 3.70. The van der Waals surface area contributed by atoms with Gasteiger partial charge >= 0.3 is 6.01 Å². The number of likely N-dealkylation sites (N-methyl/N-ethyl adjacent to an activating group) is 1. The maximum Gasteiger partial charge on any atom is 0.304 e. The highest BCUT2D eigenvalue weighted by atomic mass is 35.5. The monoisotopic (exact) mass is 468 g/mol. The number of rotatable bonds is 7. The van der Waals surface area contributed by atoms with Crippen molar-refractivity contribution in [3.63, 3.8) is 0 Å². The Hall–Kier alpha value is -3.36. The van der Waals surface area contributed by atoms with E-state index < -0.39 is 0 Å². The van der Waals surface area contributed by atoms with Crippen LogP contribution >= 0.6 is 11.6 Å². The van der Waals surface area contributed by atoms with Crippen molar-refractivity contribution in [2.45, 2.75) is 19.9 Å². The first kappa shape index (κ1) is 22.8. The summed E-state index contributed by atoms with van der Waals surface area (Å²) in [5, 5.41) is 9.85. The Labute approximate surface area is 197 Å². The lowest BCUT2D eigenvalue weighted by molar-refractivity contribution is -0.118. The number of benzene rings is 2. The van der Waals surface area contributed by atoms with Crippen LogP contribution in [-0.4, -0.2) is 58.1 Å². The van der Waals surface area contributed by atoms with Crippen molar-refractivity contribution in [1.29, 1.82) is 0 Å². The molecule has 1 aliphatic rings. The van der Waals surface area contributed by atoms with E-state index >= 15 is 0 Å². The average Bonchev–Trinajstić information content (AvgIpc) is 3.10. The molecule has 2 aromatic carbocycles. The van der Waals surface area contributed by atoms with Crippen LogP contribution in [0.25, 0.3) is 0 Å². The number of hydrogen-bond acceptors (Lipinski definition) is 5. The predicted octanol–water partition coefficient (Wildman–Crippen LogP) is 3.49. The molecule has 33 heavy (non-hydrogen) atoms. The number of aliphatic hydroxyl groups excluding tert-OH is 1. The van der Waals surface area contributed by atoms with E-state index in [1.807, 2.05) is 43.3 Å². The molecule has 8 nitrogen and oxygen atoms in total. The van der Waals surface area contributed by atoms with Gasteiger partial charge in [0.05, 0.1) is 6.54 Å². The second kappa shape index (κ2) is 9.64. The molecular weight excluding hydrogens is 444 g/mol. The molecular formula is C24H25ClN4O4. The number of halogens is 1. The van der Waals surface area contributed by atoms with Gasteiger partial charge in [0.25, 0.3) is 5.91 Å². The first-order valence-electron chi connectivity index (χ1n) is 10.6. The van der Waals surface area contributed by atoms with Gasteiger partial charge < -0.3 is 14.7 Å². The van der Waals surface area contributed by atoms with Crippen LogP contribution in [0.3, 0.4) is 0 Å². The summed E-state index contributed by atoms with van der Waals surface area (Å²) in [6.07, 6.45) is 0.371. The average molecular weight is 469 g/mol. The number of aliphatic hydroxyl groups is 1. The third-order valence-corrected chi connectivity index (χ3v) is 5.71. The van der Waals surface area contributed by atoms with Crippen molar-refractivity contribution in [1.82, 2.24) is 14.5 Å². The summed E-state index contributed by atoms with van der Waals surface area (Å²) in [6.45, 7) is 2.35. The number of hydrogen-bond donors (Lipinski definition) is 1. The summed E-state index contributed by atoms with van der Waals surface area (Å²) in [7, 11) is 1.60. The van der Waals surface area contributed by atoms with Gasteiger partial charge in [-0.05, 0) is 48.7 Å². The van der Waals surface area contributed by atoms with E-state index in [0.717, 1.165) is 11.1 Å². The number of carbonyl (C=O) groups excluding carboxylic acids is 2. The molecule has 0 saturated carbocycles. The summed E-state index contributed by atoms with van der Waals surface area (Å²) >= 11 is 6.04. The zero-order valence-corrected chi connectivity index (χ0v) is 19.2. The van der Waals surface area contributed by atoms with E-state index in [2.05, 4.69) is 4.98 Å². The number of amides is 2. The van der Waals surface area contributed by atoms with E-state index in [0.29, 0.717) is 23.7 Å². The van der Waals surface area contributed by atoms with Gasteiger partial charge in [-0.15, -0.1) is 0 Å². The molecule has 1 aliphatic heterocycles. The molecule has 0 fully saturated rings. The number of anilines is 1. The normalized spacial score (nSPS) is 13.8. The molecule has 1 N–H and O–H groups in total. The Balaban J connectivity index is 1.83. The van der Waals surface area contributed by atoms with Gasteiger partial charge in [-0.25, -0.2) is 0 Å². The zero-order chi connectivity index (χ0) is 23.5. The van der Waals surface area contributed by atoms with Gasteiger partial charge in [0.1, 0.15) is 12.3 Å². The van der Waals surface area contributed by atoms with Crippen LogP contribution in [0.2, 0.25) is 5.02 Å². The van der Waals surface area contributed by atoms with Crippen LogP contribution < -0.4 is 9.64 Å². The van der Waals surface area contributed by atoms with Crippen LogP contribution in [0.15, 0.2) is 48.5 Å². The molecule has 0 saturated heterocycles. The summed E-state index contributed by atoms with van der Waals surface area (Å²) in [4.78, 5) is 33.7. The van der Waals surface area contributed by atoms with Crippen LogP contribution in [0.4, 0.5) is 5.82 Å². The number of fused-ring (bicyclic) bond motifs is 1. The molecule has 172 valence electrons. The first-order valence-corrected chi connectivity index (χ1v) is 11.0. The van der Waals surface area contributed by atoms with Crippen LogP contribution in [-0.2, 0) is 11.3 Å². The fraction of sp³-hybridized carbons (Fsp3) is 0.292. The molecule has 2 amide bonds. The molecule has 0 spiro atoms. The Kier molecular flexibility index (Phi) is 6.67. The molecule has 0 aliphatic carbocycles. The SMILES string of the molecule is Cc1cccc(Oc2nc3c(n2Cc2ccc(Cl)cc2)C(=O)N(CCCO)CC(=O)N3C)c1. The molecule has 2 heterocycles. The molecule has 0 atom stereocenters. The lowest BCUT2D eigenvalue weighted by Crippen LogP contribution is -2.39. The molecule has 9 heteroatoms. The van der Waals surface area contributed by atoms with Crippen molar-refractivity contribution in [2.75, 3.05) is 31.6 Å². The van der Waals surface area contributed by atoms with Gasteiger partial charge in [-0.1, -0.05) is 35.9 Å². The minimum absolute atomic E-state index is 0.0770. The Bertz CT molecular complexity index is 1180. The van der Waals surface area contributed by atoms with Crippen molar-refractivity contribution in [3.05, 3.63) is 70.4 Å². The quantitative estimate of drug-likeness (QED) is 0.573. The number of carbonyl (C=O) groups is 2. The molecule has 1 aromatic heterocycles. The van der Waals surface area contributed by atoms with Crippen LogP contribution in [0, 0.1) is 6.92 Å². The number of aryl methyl sites for hydroxylation is 1. The third-order valence-electron chi connectivity index (χ3n) is 5.46. The van der Waals surface area contributed by atoms with E-state index in [-0.39, 0.29) is 49.0 Å². The largest absolute Gasteiger partial charge is 0.425 e. The second-order valence-corrected chi connectivity index (χ2v) is 8.39. The van der Waals surface area contributed by atoms with Crippen molar-refractivity contribution >= 4 is 29.2 Å². The maximum absolute atomic E-state index is 13.5. The predicted molar refractivity (Wildman–Crippen MR) is 125 cm³/mol. The smallest absolute Gasteiger partial charge is 0.304 e. The first-order chi connectivity index (χ1) is 15.9. The standard InChI is InChI=1S/C24H25ClN4O4/c1-16-5-3-6-19(13-16)33-24-26-22-21(29(24)14-17-7-9-18(25)10-8-17)23(32)28(11-4-12-30)15-20(31)27(22)2/h3,5-10,13,30H,4,11-12,14-15H2,1-2H3.